The Kier molecular flexibility index (Phi) is 4.52. The van der Waals surface area contributed by atoms with E-state index in [1.165, 1.54) is 18.9 Å². The molecule has 1 aliphatic carbocycles. The van der Waals surface area contributed by atoms with Gasteiger partial charge in [0.05, 0.1) is 4.92 Å². The van der Waals surface area contributed by atoms with E-state index in [2.05, 4.69) is 10.2 Å². The second-order valence-corrected chi connectivity index (χ2v) is 5.38. The molecule has 1 amide bonds. The van der Waals surface area contributed by atoms with Crippen LogP contribution in [0.5, 0.6) is 0 Å². The zero-order valence-corrected chi connectivity index (χ0v) is 12.0. The highest BCUT2D eigenvalue weighted by atomic mass is 19.1. The lowest BCUT2D eigenvalue weighted by Crippen LogP contribution is -2.41. The van der Waals surface area contributed by atoms with Gasteiger partial charge in [-0.05, 0) is 38.9 Å². The number of hydrogen-bond acceptors (Lipinski definition) is 4. The first-order chi connectivity index (χ1) is 9.90. The third kappa shape index (κ3) is 3.75. The van der Waals surface area contributed by atoms with E-state index < -0.39 is 22.3 Å². The summed E-state index contributed by atoms with van der Waals surface area (Å²) in [4.78, 5) is 24.0. The van der Waals surface area contributed by atoms with Crippen molar-refractivity contribution in [2.45, 2.75) is 31.8 Å². The molecular weight excluding hydrogens is 277 g/mol. The average molecular weight is 295 g/mol. The number of nitro benzene ring substituents is 1. The quantitative estimate of drug-likeness (QED) is 0.643. The Morgan fingerprint density at radius 2 is 2.24 bits per heavy atom. The molecule has 6 nitrogen and oxygen atoms in total. The molecule has 1 N–H and O–H groups in total. The molecule has 1 aromatic rings. The summed E-state index contributed by atoms with van der Waals surface area (Å²) in [5, 5.41) is 13.4. The maximum atomic E-state index is 13.2. The van der Waals surface area contributed by atoms with E-state index in [0.29, 0.717) is 12.6 Å². The normalized spacial score (nSPS) is 15.8. The number of nitrogens with one attached hydrogen (secondary N) is 1. The first-order valence-electron chi connectivity index (χ1n) is 6.84. The molecule has 0 spiro atoms. The molecule has 0 aromatic heterocycles. The van der Waals surface area contributed by atoms with Crippen LogP contribution in [0.1, 0.15) is 30.1 Å². The van der Waals surface area contributed by atoms with E-state index in [-0.39, 0.29) is 11.6 Å². The van der Waals surface area contributed by atoms with Crippen LogP contribution in [0.25, 0.3) is 0 Å². The number of amides is 1. The molecule has 7 heteroatoms. The molecule has 1 aromatic carbocycles. The molecule has 1 atom stereocenters. The van der Waals surface area contributed by atoms with Gasteiger partial charge < -0.3 is 5.32 Å². The third-order valence-electron chi connectivity index (χ3n) is 3.78. The predicted molar refractivity (Wildman–Crippen MR) is 75.6 cm³/mol. The van der Waals surface area contributed by atoms with Crippen LogP contribution >= 0.6 is 0 Å². The molecule has 1 saturated carbocycles. The first-order valence-corrected chi connectivity index (χ1v) is 6.84. The van der Waals surface area contributed by atoms with Crippen LogP contribution in [0.3, 0.4) is 0 Å². The number of halogens is 1. The Morgan fingerprint density at radius 1 is 1.57 bits per heavy atom. The Labute approximate surface area is 122 Å². The van der Waals surface area contributed by atoms with E-state index in [1.807, 2.05) is 14.0 Å². The molecule has 0 radical (unpaired) electrons. The Hall–Kier alpha value is -2.02. The summed E-state index contributed by atoms with van der Waals surface area (Å²) in [5.74, 6) is -1.38. The van der Waals surface area contributed by atoms with E-state index >= 15 is 0 Å². The molecule has 1 aliphatic rings. The van der Waals surface area contributed by atoms with Gasteiger partial charge in [-0.25, -0.2) is 0 Å². The molecule has 114 valence electrons. The Bertz CT molecular complexity index is 560. The summed E-state index contributed by atoms with van der Waals surface area (Å²) in [6.45, 7) is 2.45. The molecule has 21 heavy (non-hydrogen) atoms. The van der Waals surface area contributed by atoms with Crippen molar-refractivity contribution in [1.29, 1.82) is 0 Å². The number of carbonyl (C=O) groups is 1. The predicted octanol–water partition coefficient (Wildman–Crippen LogP) is 1.95. The van der Waals surface area contributed by atoms with Crippen molar-refractivity contribution < 1.29 is 14.1 Å². The Morgan fingerprint density at radius 3 is 2.81 bits per heavy atom. The SMILES string of the molecule is CC(CNC(=O)c1ccc(F)c([N+](=O)[O-])c1)N(C)C1CC1. The summed E-state index contributed by atoms with van der Waals surface area (Å²) >= 11 is 0. The van der Waals surface area contributed by atoms with Crippen molar-refractivity contribution in [3.05, 3.63) is 39.7 Å². The van der Waals surface area contributed by atoms with Gasteiger partial charge in [0.25, 0.3) is 5.91 Å². The van der Waals surface area contributed by atoms with E-state index in [1.54, 1.807) is 0 Å². The summed E-state index contributed by atoms with van der Waals surface area (Å²) in [6.07, 6.45) is 2.36. The first kappa shape index (κ1) is 15.4. The van der Waals surface area contributed by atoms with Gasteiger partial charge in [0.2, 0.25) is 5.82 Å². The van der Waals surface area contributed by atoms with Crippen molar-refractivity contribution in [2.75, 3.05) is 13.6 Å². The van der Waals surface area contributed by atoms with Crippen LogP contribution in [0.4, 0.5) is 10.1 Å². The van der Waals surface area contributed by atoms with Crippen LogP contribution in [-0.2, 0) is 0 Å². The number of hydrogen-bond donors (Lipinski definition) is 1. The van der Waals surface area contributed by atoms with Crippen molar-refractivity contribution in [2.24, 2.45) is 0 Å². The summed E-state index contributed by atoms with van der Waals surface area (Å²) in [7, 11) is 2.01. The minimum absolute atomic E-state index is 0.0874. The third-order valence-corrected chi connectivity index (χ3v) is 3.78. The molecule has 0 bridgehead atoms. The molecule has 0 heterocycles. The largest absolute Gasteiger partial charge is 0.350 e. The number of carbonyl (C=O) groups excluding carboxylic acids is 1. The van der Waals surface area contributed by atoms with E-state index in [0.717, 1.165) is 12.1 Å². The lowest BCUT2D eigenvalue weighted by Gasteiger charge is -2.24. The van der Waals surface area contributed by atoms with Gasteiger partial charge in [-0.1, -0.05) is 0 Å². The number of nitro groups is 1. The van der Waals surface area contributed by atoms with Gasteiger partial charge in [0.1, 0.15) is 0 Å². The zero-order chi connectivity index (χ0) is 15.6. The molecule has 2 rings (SSSR count). The highest BCUT2D eigenvalue weighted by molar-refractivity contribution is 5.94. The number of rotatable bonds is 6. The molecule has 1 unspecified atom stereocenters. The minimum atomic E-state index is -0.946. The summed E-state index contributed by atoms with van der Waals surface area (Å²) < 4.78 is 13.2. The van der Waals surface area contributed by atoms with E-state index in [4.69, 9.17) is 0 Å². The lowest BCUT2D eigenvalue weighted by molar-refractivity contribution is -0.387. The van der Waals surface area contributed by atoms with Crippen LogP contribution in [0, 0.1) is 15.9 Å². The van der Waals surface area contributed by atoms with Crippen molar-refractivity contribution in [3.8, 4) is 0 Å². The van der Waals surface area contributed by atoms with Gasteiger partial charge in [0.15, 0.2) is 0 Å². The fraction of sp³-hybridized carbons (Fsp3) is 0.500. The van der Waals surface area contributed by atoms with Crippen LogP contribution in [0.15, 0.2) is 18.2 Å². The van der Waals surface area contributed by atoms with Crippen molar-refractivity contribution in [1.82, 2.24) is 10.2 Å². The standard InChI is InChI=1S/C14H18FN3O3/c1-9(17(2)11-4-5-11)8-16-14(19)10-3-6-12(15)13(7-10)18(20)21/h3,6-7,9,11H,4-5,8H2,1-2H3,(H,16,19). The average Bonchev–Trinajstić information content (AvgIpc) is 3.28. The smallest absolute Gasteiger partial charge is 0.305 e. The maximum Gasteiger partial charge on any atom is 0.305 e. The van der Waals surface area contributed by atoms with Crippen LogP contribution in [-0.4, -0.2) is 41.4 Å². The summed E-state index contributed by atoms with van der Waals surface area (Å²) in [5.41, 5.74) is -0.602. The lowest BCUT2D eigenvalue weighted by atomic mass is 10.1. The minimum Gasteiger partial charge on any atom is -0.350 e. The monoisotopic (exact) mass is 295 g/mol. The maximum absolute atomic E-state index is 13.2. The summed E-state index contributed by atoms with van der Waals surface area (Å²) in [6, 6.07) is 3.90. The van der Waals surface area contributed by atoms with Crippen LogP contribution in [0.2, 0.25) is 0 Å². The molecule has 0 saturated heterocycles. The number of benzene rings is 1. The second kappa shape index (κ2) is 6.17. The topological polar surface area (TPSA) is 75.5 Å². The van der Waals surface area contributed by atoms with Gasteiger partial charge in [-0.3, -0.25) is 19.8 Å². The zero-order valence-electron chi connectivity index (χ0n) is 12.0. The fourth-order valence-electron chi connectivity index (χ4n) is 2.12. The fourth-order valence-corrected chi connectivity index (χ4v) is 2.12. The number of nitrogens with zero attached hydrogens (tertiary/aromatic N) is 2. The van der Waals surface area contributed by atoms with E-state index in [9.17, 15) is 19.3 Å². The van der Waals surface area contributed by atoms with Crippen molar-refractivity contribution >= 4 is 11.6 Å². The van der Waals surface area contributed by atoms with Gasteiger partial charge in [-0.15, -0.1) is 0 Å². The van der Waals surface area contributed by atoms with Gasteiger partial charge in [0, 0.05) is 30.3 Å². The molecule has 1 fully saturated rings. The highest BCUT2D eigenvalue weighted by Gasteiger charge is 2.29. The van der Waals surface area contributed by atoms with Gasteiger partial charge in [-0.2, -0.15) is 4.39 Å². The highest BCUT2D eigenvalue weighted by Crippen LogP contribution is 2.26. The van der Waals surface area contributed by atoms with Gasteiger partial charge >= 0.3 is 5.69 Å². The van der Waals surface area contributed by atoms with Crippen molar-refractivity contribution in [3.63, 3.8) is 0 Å². The number of likely N-dealkylation sites (N-methyl/N-ethyl adjacent to an activating group) is 1. The van der Waals surface area contributed by atoms with Crippen LogP contribution < -0.4 is 5.32 Å². The second-order valence-electron chi connectivity index (χ2n) is 5.38. The Balaban J connectivity index is 1.96. The molecular formula is C14H18FN3O3. The molecule has 0 aliphatic heterocycles.